The SMILES string of the molecule is COc1ccc(S(=O)(=O)N(C)Cc2nc(-c3ccccc3C)no2)cc1Br. The normalized spacial score (nSPS) is 11.7. The van der Waals surface area contributed by atoms with Crippen LogP contribution in [0.2, 0.25) is 0 Å². The van der Waals surface area contributed by atoms with E-state index in [2.05, 4.69) is 26.1 Å². The number of nitrogens with zero attached hydrogens (tertiary/aromatic N) is 3. The molecule has 27 heavy (non-hydrogen) atoms. The van der Waals surface area contributed by atoms with Gasteiger partial charge in [0.15, 0.2) is 0 Å². The summed E-state index contributed by atoms with van der Waals surface area (Å²) in [4.78, 5) is 4.46. The van der Waals surface area contributed by atoms with E-state index < -0.39 is 10.0 Å². The summed E-state index contributed by atoms with van der Waals surface area (Å²) in [5.74, 6) is 1.20. The van der Waals surface area contributed by atoms with Gasteiger partial charge in [0, 0.05) is 12.6 Å². The number of halogens is 1. The number of sulfonamides is 1. The molecular formula is C18H18BrN3O4S. The largest absolute Gasteiger partial charge is 0.496 e. The maximum absolute atomic E-state index is 12.8. The van der Waals surface area contributed by atoms with Crippen LogP contribution in [0, 0.1) is 6.92 Å². The summed E-state index contributed by atoms with van der Waals surface area (Å²) < 4.78 is 37.7. The lowest BCUT2D eigenvalue weighted by Gasteiger charge is -2.15. The van der Waals surface area contributed by atoms with E-state index in [1.54, 1.807) is 6.07 Å². The smallest absolute Gasteiger partial charge is 0.243 e. The molecule has 0 N–H and O–H groups in total. The molecule has 0 spiro atoms. The maximum Gasteiger partial charge on any atom is 0.243 e. The fourth-order valence-electron chi connectivity index (χ4n) is 2.52. The Morgan fingerprint density at radius 3 is 2.63 bits per heavy atom. The second-order valence-electron chi connectivity index (χ2n) is 5.88. The highest BCUT2D eigenvalue weighted by Gasteiger charge is 2.24. The summed E-state index contributed by atoms with van der Waals surface area (Å²) in [7, 11) is -0.749. The first-order valence-electron chi connectivity index (χ1n) is 8.01. The predicted molar refractivity (Wildman–Crippen MR) is 104 cm³/mol. The van der Waals surface area contributed by atoms with E-state index in [4.69, 9.17) is 9.26 Å². The zero-order chi connectivity index (χ0) is 19.6. The molecule has 3 rings (SSSR count). The van der Waals surface area contributed by atoms with Crippen LogP contribution in [-0.2, 0) is 16.6 Å². The van der Waals surface area contributed by atoms with E-state index in [1.807, 2.05) is 31.2 Å². The van der Waals surface area contributed by atoms with Crippen molar-refractivity contribution in [1.82, 2.24) is 14.4 Å². The van der Waals surface area contributed by atoms with Crippen LogP contribution in [0.15, 0.2) is 56.4 Å². The Balaban J connectivity index is 1.82. The summed E-state index contributed by atoms with van der Waals surface area (Å²) >= 11 is 3.30. The minimum Gasteiger partial charge on any atom is -0.496 e. The Kier molecular flexibility index (Phi) is 5.64. The third-order valence-corrected chi connectivity index (χ3v) is 6.46. The van der Waals surface area contributed by atoms with Gasteiger partial charge in [-0.15, -0.1) is 0 Å². The molecule has 9 heteroatoms. The fraction of sp³-hybridized carbons (Fsp3) is 0.222. The first-order chi connectivity index (χ1) is 12.8. The molecule has 0 aliphatic rings. The fourth-order valence-corrected chi connectivity index (χ4v) is 4.35. The number of aromatic nitrogens is 2. The molecule has 0 saturated heterocycles. The highest BCUT2D eigenvalue weighted by molar-refractivity contribution is 9.10. The third-order valence-electron chi connectivity index (χ3n) is 4.04. The number of methoxy groups -OCH3 is 1. The molecule has 0 radical (unpaired) electrons. The molecule has 0 fully saturated rings. The quantitative estimate of drug-likeness (QED) is 0.568. The second-order valence-corrected chi connectivity index (χ2v) is 8.78. The first kappa shape index (κ1) is 19.5. The Morgan fingerprint density at radius 1 is 1.22 bits per heavy atom. The summed E-state index contributed by atoms with van der Waals surface area (Å²) in [5.41, 5.74) is 1.85. The highest BCUT2D eigenvalue weighted by Crippen LogP contribution is 2.29. The van der Waals surface area contributed by atoms with Gasteiger partial charge in [-0.05, 0) is 46.6 Å². The lowest BCUT2D eigenvalue weighted by Crippen LogP contribution is -2.26. The van der Waals surface area contributed by atoms with Crippen LogP contribution in [-0.4, -0.2) is 37.0 Å². The summed E-state index contributed by atoms with van der Waals surface area (Å²) in [6, 6.07) is 12.2. The van der Waals surface area contributed by atoms with E-state index in [1.165, 1.54) is 26.3 Å². The van der Waals surface area contributed by atoms with Crippen molar-refractivity contribution in [2.24, 2.45) is 0 Å². The molecule has 1 aromatic heterocycles. The van der Waals surface area contributed by atoms with Crippen LogP contribution in [0.25, 0.3) is 11.4 Å². The molecule has 0 unspecified atom stereocenters. The Morgan fingerprint density at radius 2 is 1.96 bits per heavy atom. The average Bonchev–Trinajstić information content (AvgIpc) is 3.10. The lowest BCUT2D eigenvalue weighted by molar-refractivity contribution is 0.336. The van der Waals surface area contributed by atoms with Crippen LogP contribution < -0.4 is 4.74 Å². The van der Waals surface area contributed by atoms with E-state index in [9.17, 15) is 8.42 Å². The molecule has 0 amide bonds. The molecule has 142 valence electrons. The Labute approximate surface area is 166 Å². The predicted octanol–water partition coefficient (Wildman–Crippen LogP) is 3.64. The second kappa shape index (κ2) is 7.79. The molecule has 7 nitrogen and oxygen atoms in total. The van der Waals surface area contributed by atoms with Crippen molar-refractivity contribution in [2.45, 2.75) is 18.4 Å². The monoisotopic (exact) mass is 451 g/mol. The number of ether oxygens (including phenoxy) is 1. The number of aryl methyl sites for hydroxylation is 1. The topological polar surface area (TPSA) is 85.5 Å². The van der Waals surface area contributed by atoms with Crippen molar-refractivity contribution in [1.29, 1.82) is 0 Å². The van der Waals surface area contributed by atoms with Crippen molar-refractivity contribution in [3.05, 3.63) is 58.4 Å². The van der Waals surface area contributed by atoms with Gasteiger partial charge in [-0.25, -0.2) is 8.42 Å². The zero-order valence-corrected chi connectivity index (χ0v) is 17.4. The average molecular weight is 452 g/mol. The standard InChI is InChI=1S/C18H18BrN3O4S/c1-12-6-4-5-7-14(12)18-20-17(26-21-18)11-22(2)27(23,24)13-8-9-16(25-3)15(19)10-13/h4-10H,11H2,1-3H3. The molecule has 0 aliphatic heterocycles. The van der Waals surface area contributed by atoms with Gasteiger partial charge in [-0.3, -0.25) is 0 Å². The van der Waals surface area contributed by atoms with Gasteiger partial charge in [0.25, 0.3) is 0 Å². The van der Waals surface area contributed by atoms with Crippen LogP contribution in [0.1, 0.15) is 11.5 Å². The number of rotatable bonds is 6. The number of benzene rings is 2. The van der Waals surface area contributed by atoms with Gasteiger partial charge in [-0.1, -0.05) is 29.4 Å². The summed E-state index contributed by atoms with van der Waals surface area (Å²) in [6.45, 7) is 1.91. The van der Waals surface area contributed by atoms with Crippen LogP contribution in [0.3, 0.4) is 0 Å². The van der Waals surface area contributed by atoms with Gasteiger partial charge in [-0.2, -0.15) is 9.29 Å². The minimum absolute atomic E-state index is 0.0368. The minimum atomic E-state index is -3.73. The number of hydrogen-bond donors (Lipinski definition) is 0. The van der Waals surface area contributed by atoms with Crippen LogP contribution in [0.5, 0.6) is 5.75 Å². The van der Waals surface area contributed by atoms with Gasteiger partial charge in [0.1, 0.15) is 5.75 Å². The molecule has 0 atom stereocenters. The summed E-state index contributed by atoms with van der Waals surface area (Å²) in [5, 5.41) is 3.96. The van der Waals surface area contributed by atoms with E-state index in [0.717, 1.165) is 15.4 Å². The van der Waals surface area contributed by atoms with Crippen molar-refractivity contribution < 1.29 is 17.7 Å². The molecule has 0 saturated carbocycles. The van der Waals surface area contributed by atoms with Gasteiger partial charge >= 0.3 is 0 Å². The lowest BCUT2D eigenvalue weighted by atomic mass is 10.1. The molecule has 1 heterocycles. The Hall–Kier alpha value is -2.23. The van der Waals surface area contributed by atoms with Crippen molar-refractivity contribution >= 4 is 26.0 Å². The highest BCUT2D eigenvalue weighted by atomic mass is 79.9. The Bertz CT molecular complexity index is 1070. The molecule has 2 aromatic carbocycles. The first-order valence-corrected chi connectivity index (χ1v) is 10.2. The van der Waals surface area contributed by atoms with Crippen LogP contribution in [0.4, 0.5) is 0 Å². The zero-order valence-electron chi connectivity index (χ0n) is 15.0. The van der Waals surface area contributed by atoms with Gasteiger partial charge in [0.2, 0.25) is 21.7 Å². The summed E-state index contributed by atoms with van der Waals surface area (Å²) in [6.07, 6.45) is 0. The van der Waals surface area contributed by atoms with E-state index in [0.29, 0.717) is 16.0 Å². The maximum atomic E-state index is 12.8. The van der Waals surface area contributed by atoms with Gasteiger partial charge in [0.05, 0.1) is 23.0 Å². The van der Waals surface area contributed by atoms with Crippen molar-refractivity contribution in [2.75, 3.05) is 14.2 Å². The van der Waals surface area contributed by atoms with E-state index >= 15 is 0 Å². The van der Waals surface area contributed by atoms with Gasteiger partial charge < -0.3 is 9.26 Å². The van der Waals surface area contributed by atoms with Crippen molar-refractivity contribution in [3.63, 3.8) is 0 Å². The molecular weight excluding hydrogens is 434 g/mol. The number of hydrogen-bond acceptors (Lipinski definition) is 6. The molecule has 0 aliphatic carbocycles. The molecule has 0 bridgehead atoms. The van der Waals surface area contributed by atoms with Crippen LogP contribution >= 0.6 is 15.9 Å². The molecule has 3 aromatic rings. The van der Waals surface area contributed by atoms with Crippen molar-refractivity contribution in [3.8, 4) is 17.1 Å². The van der Waals surface area contributed by atoms with E-state index in [-0.39, 0.29) is 17.3 Å². The third kappa shape index (κ3) is 4.05.